The number of nitrogens with zero attached hydrogens (tertiary/aromatic N) is 1. The molecule has 0 unspecified atom stereocenters. The molecule has 1 heterocycles. The number of hydrogen-bond acceptors (Lipinski definition) is 6. The average Bonchev–Trinajstić information content (AvgIpc) is 3.12. The zero-order valence-electron chi connectivity index (χ0n) is 16.9. The van der Waals surface area contributed by atoms with Gasteiger partial charge in [-0.05, 0) is 52.5 Å². The molecule has 1 aliphatic heterocycles. The summed E-state index contributed by atoms with van der Waals surface area (Å²) in [7, 11) is 1.91. The first kappa shape index (κ1) is 21.9. The largest absolute Gasteiger partial charge is 0.401 e. The number of rotatable bonds is 7. The molecule has 0 spiro atoms. The SMILES string of the molecule is CN(CC1CCOCC1)C(C)(C)C(=O)NC(=O)C=C(N)C1(CO)CCCC1. The van der Waals surface area contributed by atoms with E-state index in [1.165, 1.54) is 6.08 Å². The van der Waals surface area contributed by atoms with E-state index in [1.54, 1.807) is 0 Å². The van der Waals surface area contributed by atoms with E-state index in [9.17, 15) is 14.7 Å². The maximum absolute atomic E-state index is 12.7. The molecule has 1 aliphatic carbocycles. The number of nitrogens with two attached hydrogens (primary N) is 1. The minimum absolute atomic E-state index is 0.0735. The van der Waals surface area contributed by atoms with Crippen LogP contribution in [0.1, 0.15) is 52.4 Å². The van der Waals surface area contributed by atoms with Crippen LogP contribution in [-0.2, 0) is 14.3 Å². The van der Waals surface area contributed by atoms with E-state index in [0.717, 1.165) is 58.3 Å². The molecular weight excluding hydrogens is 346 g/mol. The predicted octanol–water partition coefficient (Wildman–Crippen LogP) is 1.16. The van der Waals surface area contributed by atoms with E-state index in [1.807, 2.05) is 25.8 Å². The van der Waals surface area contributed by atoms with Crippen LogP contribution in [0, 0.1) is 11.3 Å². The standard InChI is InChI=1S/C20H35N3O4/c1-19(2,23(3)13-15-6-10-27-11-7-15)18(26)22-17(25)12-16(21)20(14-24)8-4-5-9-20/h12,15,24H,4-11,13-14,21H2,1-3H3,(H,22,25,26). The highest BCUT2D eigenvalue weighted by atomic mass is 16.5. The Hall–Kier alpha value is -1.44. The summed E-state index contributed by atoms with van der Waals surface area (Å²) in [5.74, 6) is -0.380. The molecule has 2 amide bonds. The summed E-state index contributed by atoms with van der Waals surface area (Å²) < 4.78 is 5.38. The van der Waals surface area contributed by atoms with Gasteiger partial charge in [0.25, 0.3) is 5.91 Å². The Morgan fingerprint density at radius 3 is 2.44 bits per heavy atom. The molecule has 0 aromatic heterocycles. The number of imide groups is 1. The quantitative estimate of drug-likeness (QED) is 0.572. The Morgan fingerprint density at radius 1 is 1.30 bits per heavy atom. The Bertz CT molecular complexity index is 562. The number of aliphatic hydroxyl groups excluding tert-OH is 1. The van der Waals surface area contributed by atoms with Crippen LogP contribution >= 0.6 is 0 Å². The Balaban J connectivity index is 1.95. The van der Waals surface area contributed by atoms with Gasteiger partial charge in [0, 0.05) is 36.9 Å². The second kappa shape index (κ2) is 9.17. The summed E-state index contributed by atoms with van der Waals surface area (Å²) in [6.45, 7) is 5.86. The van der Waals surface area contributed by atoms with E-state index in [-0.39, 0.29) is 12.5 Å². The minimum atomic E-state index is -0.821. The van der Waals surface area contributed by atoms with Gasteiger partial charge in [0.05, 0.1) is 12.1 Å². The third-order valence-electron chi connectivity index (χ3n) is 6.38. The lowest BCUT2D eigenvalue weighted by molar-refractivity contribution is -0.135. The number of ether oxygens (including phenoxy) is 1. The predicted molar refractivity (Wildman–Crippen MR) is 104 cm³/mol. The lowest BCUT2D eigenvalue weighted by Gasteiger charge is -2.37. The van der Waals surface area contributed by atoms with E-state index >= 15 is 0 Å². The van der Waals surface area contributed by atoms with E-state index in [0.29, 0.717) is 11.6 Å². The van der Waals surface area contributed by atoms with Gasteiger partial charge in [-0.25, -0.2) is 0 Å². The highest BCUT2D eigenvalue weighted by molar-refractivity contribution is 6.04. The molecule has 1 saturated heterocycles. The zero-order chi connectivity index (χ0) is 20.1. The van der Waals surface area contributed by atoms with Crippen LogP contribution in [0.4, 0.5) is 0 Å². The van der Waals surface area contributed by atoms with Crippen molar-refractivity contribution in [3.05, 3.63) is 11.8 Å². The molecule has 27 heavy (non-hydrogen) atoms. The summed E-state index contributed by atoms with van der Waals surface area (Å²) in [6, 6.07) is 0. The summed E-state index contributed by atoms with van der Waals surface area (Å²) in [4.78, 5) is 27.0. The topological polar surface area (TPSA) is 105 Å². The highest BCUT2D eigenvalue weighted by Gasteiger charge is 2.37. The molecule has 4 N–H and O–H groups in total. The Morgan fingerprint density at radius 2 is 1.89 bits per heavy atom. The molecule has 0 aromatic carbocycles. The summed E-state index contributed by atoms with van der Waals surface area (Å²) in [6.07, 6.45) is 6.76. The van der Waals surface area contributed by atoms with Gasteiger partial charge in [0.15, 0.2) is 0 Å². The van der Waals surface area contributed by atoms with Crippen molar-refractivity contribution in [2.24, 2.45) is 17.1 Å². The fraction of sp³-hybridized carbons (Fsp3) is 0.800. The van der Waals surface area contributed by atoms with Crippen molar-refractivity contribution in [2.45, 2.75) is 57.9 Å². The molecule has 7 nitrogen and oxygen atoms in total. The fourth-order valence-electron chi connectivity index (χ4n) is 3.90. The number of likely N-dealkylation sites (N-methyl/N-ethyl adjacent to an activating group) is 1. The highest BCUT2D eigenvalue weighted by Crippen LogP contribution is 2.41. The van der Waals surface area contributed by atoms with Gasteiger partial charge in [-0.2, -0.15) is 0 Å². The van der Waals surface area contributed by atoms with Gasteiger partial charge in [0.1, 0.15) is 0 Å². The van der Waals surface area contributed by atoms with Crippen molar-refractivity contribution < 1.29 is 19.4 Å². The van der Waals surface area contributed by atoms with E-state index in [2.05, 4.69) is 5.32 Å². The number of aliphatic hydroxyl groups is 1. The molecule has 1 saturated carbocycles. The van der Waals surface area contributed by atoms with Gasteiger partial charge in [-0.1, -0.05) is 12.8 Å². The molecular formula is C20H35N3O4. The molecule has 0 radical (unpaired) electrons. The normalized spacial score (nSPS) is 21.4. The first-order chi connectivity index (χ1) is 12.7. The van der Waals surface area contributed by atoms with Crippen molar-refractivity contribution in [3.8, 4) is 0 Å². The molecule has 7 heteroatoms. The monoisotopic (exact) mass is 381 g/mol. The molecule has 0 aromatic rings. The average molecular weight is 382 g/mol. The lowest BCUT2D eigenvalue weighted by atomic mass is 9.83. The van der Waals surface area contributed by atoms with Crippen molar-refractivity contribution in [1.29, 1.82) is 0 Å². The van der Waals surface area contributed by atoms with Crippen LogP contribution in [0.3, 0.4) is 0 Å². The maximum atomic E-state index is 12.7. The minimum Gasteiger partial charge on any atom is -0.401 e. The van der Waals surface area contributed by atoms with Gasteiger partial charge in [0.2, 0.25) is 5.91 Å². The second-order valence-corrected chi connectivity index (χ2v) is 8.56. The zero-order valence-corrected chi connectivity index (χ0v) is 16.9. The van der Waals surface area contributed by atoms with Crippen LogP contribution in [-0.4, -0.2) is 60.8 Å². The van der Waals surface area contributed by atoms with E-state index in [4.69, 9.17) is 10.5 Å². The van der Waals surface area contributed by atoms with Gasteiger partial charge in [-0.3, -0.25) is 19.8 Å². The van der Waals surface area contributed by atoms with Crippen LogP contribution in [0.2, 0.25) is 0 Å². The summed E-state index contributed by atoms with van der Waals surface area (Å²) in [5, 5.41) is 12.2. The molecule has 2 aliphatic rings. The van der Waals surface area contributed by atoms with E-state index < -0.39 is 16.9 Å². The van der Waals surface area contributed by atoms with Crippen molar-refractivity contribution >= 4 is 11.8 Å². The molecule has 154 valence electrons. The summed E-state index contributed by atoms with van der Waals surface area (Å²) >= 11 is 0. The fourth-order valence-corrected chi connectivity index (χ4v) is 3.90. The number of nitrogens with one attached hydrogen (secondary N) is 1. The van der Waals surface area contributed by atoms with Gasteiger partial charge >= 0.3 is 0 Å². The molecule has 0 atom stereocenters. The molecule has 2 rings (SSSR count). The lowest BCUT2D eigenvalue weighted by Crippen LogP contribution is -2.55. The number of carbonyl (C=O) groups excluding carboxylic acids is 2. The number of carbonyl (C=O) groups is 2. The third-order valence-corrected chi connectivity index (χ3v) is 6.38. The Labute approximate surface area is 162 Å². The van der Waals surface area contributed by atoms with Crippen LogP contribution in [0.15, 0.2) is 11.8 Å². The van der Waals surface area contributed by atoms with Gasteiger partial charge < -0.3 is 15.6 Å². The number of hydrogen-bond donors (Lipinski definition) is 3. The smallest absolute Gasteiger partial charge is 0.252 e. The van der Waals surface area contributed by atoms with Crippen LogP contribution in [0.25, 0.3) is 0 Å². The molecule has 0 bridgehead atoms. The molecule has 2 fully saturated rings. The summed E-state index contributed by atoms with van der Waals surface area (Å²) in [5.41, 5.74) is 5.12. The van der Waals surface area contributed by atoms with Gasteiger partial charge in [-0.15, -0.1) is 0 Å². The van der Waals surface area contributed by atoms with Crippen LogP contribution < -0.4 is 11.1 Å². The van der Waals surface area contributed by atoms with Crippen molar-refractivity contribution in [2.75, 3.05) is 33.4 Å². The second-order valence-electron chi connectivity index (χ2n) is 8.56. The van der Waals surface area contributed by atoms with Crippen LogP contribution in [0.5, 0.6) is 0 Å². The Kier molecular flexibility index (Phi) is 7.42. The number of amides is 2. The first-order valence-electron chi connectivity index (χ1n) is 9.94. The third kappa shape index (κ3) is 5.30. The van der Waals surface area contributed by atoms with Crippen molar-refractivity contribution in [3.63, 3.8) is 0 Å². The van der Waals surface area contributed by atoms with Crippen molar-refractivity contribution in [1.82, 2.24) is 10.2 Å². The first-order valence-corrected chi connectivity index (χ1v) is 9.94. The maximum Gasteiger partial charge on any atom is 0.252 e.